The molecule has 0 aliphatic rings. The lowest BCUT2D eigenvalue weighted by atomic mass is 9.76. The topological polar surface area (TPSA) is 26.3 Å². The van der Waals surface area contributed by atoms with Crippen LogP contribution in [0, 0.1) is 0 Å². The van der Waals surface area contributed by atoms with Crippen LogP contribution in [-0.4, -0.2) is 16.3 Å². The maximum atomic E-state index is 13.7. The molecule has 0 heterocycles. The minimum absolute atomic E-state index is 0.0745. The summed E-state index contributed by atoms with van der Waals surface area (Å²) in [4.78, 5) is 13.7. The van der Waals surface area contributed by atoms with E-state index in [9.17, 15) is 4.79 Å². The second-order valence-corrected chi connectivity index (χ2v) is 8.38. The van der Waals surface area contributed by atoms with Crippen molar-refractivity contribution in [1.82, 2.24) is 0 Å². The van der Waals surface area contributed by atoms with E-state index in [-0.39, 0.29) is 23.5 Å². The van der Waals surface area contributed by atoms with Crippen LogP contribution in [0.3, 0.4) is 0 Å². The van der Waals surface area contributed by atoms with Crippen molar-refractivity contribution < 1.29 is 9.22 Å². The Kier molecular flexibility index (Phi) is 7.42. The highest BCUT2D eigenvalue weighted by molar-refractivity contribution is 6.12. The Morgan fingerprint density at radius 1 is 0.964 bits per heavy atom. The Morgan fingerprint density at radius 2 is 1.50 bits per heavy atom. The first kappa shape index (κ1) is 22.2. The fourth-order valence-electron chi connectivity index (χ4n) is 4.08. The molecule has 3 heteroatoms. The highest BCUT2D eigenvalue weighted by Gasteiger charge is 2.31. The van der Waals surface area contributed by atoms with E-state index in [0.29, 0.717) is 12.0 Å². The van der Waals surface area contributed by atoms with Crippen molar-refractivity contribution in [3.05, 3.63) is 76.4 Å². The van der Waals surface area contributed by atoms with Gasteiger partial charge in [-0.25, -0.2) is 0 Å². The van der Waals surface area contributed by atoms with Crippen LogP contribution in [0.25, 0.3) is 0 Å². The summed E-state index contributed by atoms with van der Waals surface area (Å²) in [5.41, 5.74) is 5.84. The van der Waals surface area contributed by atoms with Crippen LogP contribution in [0.1, 0.15) is 97.5 Å². The quantitative estimate of drug-likeness (QED) is 0.292. The summed E-state index contributed by atoms with van der Waals surface area (Å²) >= 11 is 0. The predicted octanol–water partition coefficient (Wildman–Crippen LogP) is 6.48. The highest BCUT2D eigenvalue weighted by atomic mass is 28.2. The molecular weight excluding hydrogens is 360 g/mol. The number of allylic oxidation sites excluding steroid dienone is 1. The zero-order valence-electron chi connectivity index (χ0n) is 17.9. The molecule has 0 aliphatic carbocycles. The van der Waals surface area contributed by atoms with E-state index in [2.05, 4.69) is 58.6 Å². The SMILES string of the molecule is C=CCc1c(C(=O)c2ccccc2)c(C(C)C)c(C(C)C)c(O[Si])c1C(C)C. The minimum Gasteiger partial charge on any atom is -0.540 e. The Labute approximate surface area is 173 Å². The first-order valence-electron chi connectivity index (χ1n) is 10.0. The van der Waals surface area contributed by atoms with Gasteiger partial charge >= 0.3 is 10.5 Å². The Balaban J connectivity index is 3.06. The fraction of sp³-hybridized carbons (Fsp3) is 0.400. The smallest absolute Gasteiger partial charge is 0.341 e. The normalized spacial score (nSPS) is 11.4. The van der Waals surface area contributed by atoms with E-state index in [0.717, 1.165) is 33.6 Å². The van der Waals surface area contributed by atoms with Crippen molar-refractivity contribution in [3.63, 3.8) is 0 Å². The summed E-state index contributed by atoms with van der Waals surface area (Å²) in [5.74, 6) is 1.55. The van der Waals surface area contributed by atoms with Crippen molar-refractivity contribution in [3.8, 4) is 5.75 Å². The van der Waals surface area contributed by atoms with Crippen LogP contribution < -0.4 is 4.43 Å². The summed E-state index contributed by atoms with van der Waals surface area (Å²) < 4.78 is 5.78. The summed E-state index contributed by atoms with van der Waals surface area (Å²) in [6.45, 7) is 16.8. The molecule has 2 aromatic rings. The zero-order chi connectivity index (χ0) is 21.0. The van der Waals surface area contributed by atoms with Gasteiger partial charge in [-0.15, -0.1) is 6.58 Å². The molecule has 2 aromatic carbocycles. The van der Waals surface area contributed by atoms with Crippen molar-refractivity contribution in [2.45, 2.75) is 65.7 Å². The summed E-state index contributed by atoms with van der Waals surface area (Å²) in [6, 6.07) is 9.55. The number of rotatable bonds is 8. The van der Waals surface area contributed by atoms with E-state index < -0.39 is 0 Å². The van der Waals surface area contributed by atoms with Gasteiger partial charge in [0.25, 0.3) is 0 Å². The number of carbonyl (C=O) groups excluding carboxylic acids is 1. The summed E-state index contributed by atoms with van der Waals surface area (Å²) in [7, 11) is 3.32. The molecule has 0 saturated carbocycles. The van der Waals surface area contributed by atoms with Crippen LogP contribution in [0.2, 0.25) is 0 Å². The van der Waals surface area contributed by atoms with E-state index >= 15 is 0 Å². The third kappa shape index (κ3) is 4.15. The van der Waals surface area contributed by atoms with E-state index in [1.54, 1.807) is 0 Å². The maximum absolute atomic E-state index is 13.7. The lowest BCUT2D eigenvalue weighted by Gasteiger charge is -2.30. The van der Waals surface area contributed by atoms with Crippen LogP contribution in [0.4, 0.5) is 0 Å². The molecule has 0 aromatic heterocycles. The number of carbonyl (C=O) groups is 1. The first-order chi connectivity index (χ1) is 13.3. The monoisotopic (exact) mass is 391 g/mol. The first-order valence-corrected chi connectivity index (χ1v) is 10.4. The number of ketones is 1. The molecule has 0 saturated heterocycles. The molecule has 2 rings (SSSR count). The standard InChI is InChI=1S/C25H31O2Si/c1-8-12-19-20(15(2)3)25(27-28)22(17(6)7)21(16(4)5)23(19)24(26)18-13-10-9-11-14-18/h8-11,13-17H,1,12H2,2-7H3. The predicted molar refractivity (Wildman–Crippen MR) is 119 cm³/mol. The summed E-state index contributed by atoms with van der Waals surface area (Å²) in [5, 5.41) is 0. The average molecular weight is 392 g/mol. The Bertz CT molecular complexity index is 849. The van der Waals surface area contributed by atoms with Gasteiger partial charge in [-0.3, -0.25) is 4.79 Å². The van der Waals surface area contributed by atoms with Crippen molar-refractivity contribution >= 4 is 16.3 Å². The third-order valence-electron chi connectivity index (χ3n) is 5.12. The molecule has 0 fully saturated rings. The van der Waals surface area contributed by atoms with Gasteiger partial charge in [-0.1, -0.05) is 78.0 Å². The molecule has 0 N–H and O–H groups in total. The van der Waals surface area contributed by atoms with E-state index in [4.69, 9.17) is 4.43 Å². The highest BCUT2D eigenvalue weighted by Crippen LogP contribution is 2.45. The second-order valence-electron chi connectivity index (χ2n) is 8.18. The van der Waals surface area contributed by atoms with Crippen LogP contribution in [-0.2, 0) is 6.42 Å². The van der Waals surface area contributed by atoms with Gasteiger partial charge < -0.3 is 4.43 Å². The Hall–Kier alpha value is -2.13. The lowest BCUT2D eigenvalue weighted by molar-refractivity contribution is 0.103. The van der Waals surface area contributed by atoms with Crippen molar-refractivity contribution in [2.24, 2.45) is 0 Å². The molecule has 0 spiro atoms. The summed E-state index contributed by atoms with van der Waals surface area (Å²) in [6.07, 6.45) is 2.50. The Morgan fingerprint density at radius 3 is 1.93 bits per heavy atom. The van der Waals surface area contributed by atoms with Gasteiger partial charge in [0.05, 0.1) is 0 Å². The van der Waals surface area contributed by atoms with Gasteiger partial charge in [0.2, 0.25) is 0 Å². The van der Waals surface area contributed by atoms with Crippen molar-refractivity contribution in [1.29, 1.82) is 0 Å². The van der Waals surface area contributed by atoms with Crippen LogP contribution in [0.15, 0.2) is 43.0 Å². The van der Waals surface area contributed by atoms with E-state index in [1.807, 2.05) is 36.4 Å². The molecule has 0 aliphatic heterocycles. The van der Waals surface area contributed by atoms with Gasteiger partial charge in [0.1, 0.15) is 5.75 Å². The molecule has 0 amide bonds. The fourth-order valence-corrected chi connectivity index (χ4v) is 4.30. The van der Waals surface area contributed by atoms with Gasteiger partial charge in [0, 0.05) is 11.1 Å². The average Bonchev–Trinajstić information content (AvgIpc) is 2.66. The van der Waals surface area contributed by atoms with Gasteiger partial charge in [-0.2, -0.15) is 0 Å². The number of hydrogen-bond donors (Lipinski definition) is 0. The molecule has 0 unspecified atom stereocenters. The molecular formula is C25H31O2Si. The molecule has 28 heavy (non-hydrogen) atoms. The van der Waals surface area contributed by atoms with E-state index in [1.165, 1.54) is 0 Å². The minimum atomic E-state index is 0.0745. The number of benzene rings is 2. The second kappa shape index (κ2) is 9.38. The molecule has 147 valence electrons. The van der Waals surface area contributed by atoms with Crippen molar-refractivity contribution in [2.75, 3.05) is 0 Å². The number of hydrogen-bond acceptors (Lipinski definition) is 2. The van der Waals surface area contributed by atoms with Gasteiger partial charge in [0.15, 0.2) is 5.78 Å². The van der Waals surface area contributed by atoms with Gasteiger partial charge in [-0.05, 0) is 46.4 Å². The van der Waals surface area contributed by atoms with Crippen LogP contribution >= 0.6 is 0 Å². The molecule has 0 bridgehead atoms. The third-order valence-corrected chi connectivity index (χ3v) is 5.33. The lowest BCUT2D eigenvalue weighted by Crippen LogP contribution is -2.18. The molecule has 0 atom stereocenters. The maximum Gasteiger partial charge on any atom is 0.341 e. The zero-order valence-corrected chi connectivity index (χ0v) is 18.9. The molecule has 2 nitrogen and oxygen atoms in total. The largest absolute Gasteiger partial charge is 0.540 e. The molecule has 3 radical (unpaired) electrons. The van der Waals surface area contributed by atoms with Crippen LogP contribution in [0.5, 0.6) is 5.75 Å².